The van der Waals surface area contributed by atoms with Crippen LogP contribution in [-0.2, 0) is 14.8 Å². The van der Waals surface area contributed by atoms with Crippen LogP contribution in [0.15, 0.2) is 42.5 Å². The third-order valence-corrected chi connectivity index (χ3v) is 5.37. The maximum atomic E-state index is 12.8. The SMILES string of the molecule is CCC(C(=O)Nc1cccc([N+](=O)[O-])c1)N(c1cc(Cl)cc(Cl)c1)S(C)(=O)=O. The van der Waals surface area contributed by atoms with Gasteiger partial charge in [-0.1, -0.05) is 36.2 Å². The van der Waals surface area contributed by atoms with Gasteiger partial charge in [-0.2, -0.15) is 0 Å². The molecule has 2 aromatic rings. The maximum absolute atomic E-state index is 12.8. The highest BCUT2D eigenvalue weighted by Crippen LogP contribution is 2.30. The number of rotatable bonds is 7. The molecular weight excluding hydrogens is 429 g/mol. The van der Waals surface area contributed by atoms with Gasteiger partial charge in [0.25, 0.3) is 5.69 Å². The highest BCUT2D eigenvalue weighted by molar-refractivity contribution is 7.92. The molecular formula is C17H17Cl2N3O5S. The van der Waals surface area contributed by atoms with E-state index < -0.39 is 26.9 Å². The van der Waals surface area contributed by atoms with E-state index in [-0.39, 0.29) is 33.5 Å². The monoisotopic (exact) mass is 445 g/mol. The molecule has 1 unspecified atom stereocenters. The van der Waals surface area contributed by atoms with Crippen molar-refractivity contribution in [1.29, 1.82) is 0 Å². The Morgan fingerprint density at radius 1 is 1.21 bits per heavy atom. The number of halogens is 2. The molecule has 1 N–H and O–H groups in total. The van der Waals surface area contributed by atoms with Gasteiger partial charge in [0, 0.05) is 27.9 Å². The summed E-state index contributed by atoms with van der Waals surface area (Å²) in [4.78, 5) is 23.1. The average molecular weight is 446 g/mol. The Hall–Kier alpha value is -2.36. The van der Waals surface area contributed by atoms with Crippen molar-refractivity contribution in [2.24, 2.45) is 0 Å². The van der Waals surface area contributed by atoms with Gasteiger partial charge in [-0.25, -0.2) is 8.42 Å². The summed E-state index contributed by atoms with van der Waals surface area (Å²) in [5.41, 5.74) is 0.115. The molecule has 150 valence electrons. The lowest BCUT2D eigenvalue weighted by molar-refractivity contribution is -0.384. The van der Waals surface area contributed by atoms with E-state index in [9.17, 15) is 23.3 Å². The number of nitro groups is 1. The highest BCUT2D eigenvalue weighted by atomic mass is 35.5. The Morgan fingerprint density at radius 2 is 1.82 bits per heavy atom. The van der Waals surface area contributed by atoms with Gasteiger partial charge < -0.3 is 5.32 Å². The maximum Gasteiger partial charge on any atom is 0.271 e. The zero-order valence-corrected chi connectivity index (χ0v) is 17.3. The minimum Gasteiger partial charge on any atom is -0.324 e. The van der Waals surface area contributed by atoms with E-state index in [0.29, 0.717) is 0 Å². The first-order valence-electron chi connectivity index (χ1n) is 8.03. The smallest absolute Gasteiger partial charge is 0.271 e. The Morgan fingerprint density at radius 3 is 2.32 bits per heavy atom. The van der Waals surface area contributed by atoms with Crippen LogP contribution in [-0.4, -0.2) is 31.5 Å². The van der Waals surface area contributed by atoms with Crippen LogP contribution in [0.25, 0.3) is 0 Å². The van der Waals surface area contributed by atoms with Crippen LogP contribution < -0.4 is 9.62 Å². The first-order chi connectivity index (χ1) is 13.0. The molecule has 0 spiro atoms. The van der Waals surface area contributed by atoms with Crippen LogP contribution in [0.3, 0.4) is 0 Å². The summed E-state index contributed by atoms with van der Waals surface area (Å²) in [6, 6.07) is 8.45. The number of hydrogen-bond donors (Lipinski definition) is 1. The van der Waals surface area contributed by atoms with Gasteiger partial charge in [-0.15, -0.1) is 0 Å². The molecule has 1 atom stereocenters. The normalized spacial score (nSPS) is 12.3. The van der Waals surface area contributed by atoms with E-state index in [0.717, 1.165) is 10.6 Å². The number of hydrogen-bond acceptors (Lipinski definition) is 5. The number of anilines is 2. The average Bonchev–Trinajstić information content (AvgIpc) is 2.57. The topological polar surface area (TPSA) is 110 Å². The molecule has 0 saturated heterocycles. The molecule has 0 aliphatic carbocycles. The summed E-state index contributed by atoms with van der Waals surface area (Å²) in [5.74, 6) is -0.649. The van der Waals surface area contributed by atoms with Gasteiger partial charge in [0.1, 0.15) is 6.04 Å². The highest BCUT2D eigenvalue weighted by Gasteiger charge is 2.32. The summed E-state index contributed by atoms with van der Waals surface area (Å²) in [6.45, 7) is 1.64. The largest absolute Gasteiger partial charge is 0.324 e. The fourth-order valence-electron chi connectivity index (χ4n) is 2.65. The van der Waals surface area contributed by atoms with Crippen molar-refractivity contribution in [3.63, 3.8) is 0 Å². The number of carbonyl (C=O) groups is 1. The van der Waals surface area contributed by atoms with Crippen LogP contribution in [0.1, 0.15) is 13.3 Å². The Bertz CT molecular complexity index is 993. The molecule has 0 aliphatic heterocycles. The van der Waals surface area contributed by atoms with Crippen LogP contribution in [0.4, 0.5) is 17.1 Å². The fraction of sp³-hybridized carbons (Fsp3) is 0.235. The van der Waals surface area contributed by atoms with E-state index in [1.165, 1.54) is 42.5 Å². The van der Waals surface area contributed by atoms with Crippen molar-refractivity contribution < 1.29 is 18.1 Å². The second-order valence-electron chi connectivity index (χ2n) is 5.91. The van der Waals surface area contributed by atoms with Crippen molar-refractivity contribution >= 4 is 56.2 Å². The molecule has 0 saturated carbocycles. The minimum atomic E-state index is -3.87. The lowest BCUT2D eigenvalue weighted by Crippen LogP contribution is -2.47. The predicted molar refractivity (Wildman–Crippen MR) is 110 cm³/mol. The van der Waals surface area contributed by atoms with Crippen LogP contribution in [0.2, 0.25) is 10.0 Å². The molecule has 0 fully saturated rings. The third-order valence-electron chi connectivity index (χ3n) is 3.76. The third kappa shape index (κ3) is 5.34. The second kappa shape index (κ2) is 8.76. The quantitative estimate of drug-likeness (QED) is 0.509. The molecule has 0 aromatic heterocycles. The molecule has 0 bridgehead atoms. The molecule has 28 heavy (non-hydrogen) atoms. The zero-order valence-electron chi connectivity index (χ0n) is 14.9. The summed E-state index contributed by atoms with van der Waals surface area (Å²) in [7, 11) is -3.87. The van der Waals surface area contributed by atoms with Crippen molar-refractivity contribution in [3.8, 4) is 0 Å². The van der Waals surface area contributed by atoms with Gasteiger partial charge in [-0.3, -0.25) is 19.2 Å². The second-order valence-corrected chi connectivity index (χ2v) is 8.64. The van der Waals surface area contributed by atoms with Crippen molar-refractivity contribution in [2.75, 3.05) is 15.9 Å². The predicted octanol–water partition coefficient (Wildman–Crippen LogP) is 4.08. The molecule has 11 heteroatoms. The summed E-state index contributed by atoms with van der Waals surface area (Å²) in [6.07, 6.45) is 1.10. The first-order valence-corrected chi connectivity index (χ1v) is 10.6. The fourth-order valence-corrected chi connectivity index (χ4v) is 4.36. The van der Waals surface area contributed by atoms with E-state index in [4.69, 9.17) is 23.2 Å². The Labute approximate surface area is 172 Å². The number of nitrogens with one attached hydrogen (secondary N) is 1. The number of benzene rings is 2. The van der Waals surface area contributed by atoms with Gasteiger partial charge in [0.15, 0.2) is 0 Å². The number of carbonyl (C=O) groups excluding carboxylic acids is 1. The van der Waals surface area contributed by atoms with Crippen LogP contribution in [0, 0.1) is 10.1 Å². The number of sulfonamides is 1. The molecule has 0 radical (unpaired) electrons. The van der Waals surface area contributed by atoms with E-state index >= 15 is 0 Å². The van der Waals surface area contributed by atoms with Crippen molar-refractivity contribution in [3.05, 3.63) is 62.6 Å². The van der Waals surface area contributed by atoms with E-state index in [1.807, 2.05) is 0 Å². The standard InChI is InChI=1S/C17H17Cl2N3O5S/c1-3-16(17(23)20-13-5-4-6-14(10-13)22(24)25)21(28(2,26)27)15-8-11(18)7-12(19)9-15/h4-10,16H,3H2,1-2H3,(H,20,23). The van der Waals surface area contributed by atoms with Gasteiger partial charge in [-0.05, 0) is 30.7 Å². The van der Waals surface area contributed by atoms with Crippen molar-refractivity contribution in [1.82, 2.24) is 0 Å². The number of nitrogens with zero attached hydrogens (tertiary/aromatic N) is 2. The molecule has 0 aliphatic rings. The minimum absolute atomic E-state index is 0.137. The lowest BCUT2D eigenvalue weighted by Gasteiger charge is -2.30. The Balaban J connectivity index is 2.42. The first kappa shape index (κ1) is 21.9. The number of amides is 1. The lowest BCUT2D eigenvalue weighted by atomic mass is 10.1. The van der Waals surface area contributed by atoms with Crippen LogP contribution in [0.5, 0.6) is 0 Å². The molecule has 1 amide bonds. The number of nitro benzene ring substituents is 1. The molecule has 2 aromatic carbocycles. The van der Waals surface area contributed by atoms with Gasteiger partial charge in [0.2, 0.25) is 15.9 Å². The molecule has 8 nitrogen and oxygen atoms in total. The molecule has 0 heterocycles. The summed E-state index contributed by atoms with van der Waals surface area (Å²) < 4.78 is 25.8. The number of non-ortho nitro benzene ring substituents is 1. The van der Waals surface area contributed by atoms with Gasteiger partial charge >= 0.3 is 0 Å². The van der Waals surface area contributed by atoms with Crippen molar-refractivity contribution in [2.45, 2.75) is 19.4 Å². The van der Waals surface area contributed by atoms with Crippen LogP contribution >= 0.6 is 23.2 Å². The van der Waals surface area contributed by atoms with Gasteiger partial charge in [0.05, 0.1) is 16.9 Å². The van der Waals surface area contributed by atoms with E-state index in [2.05, 4.69) is 5.32 Å². The summed E-state index contributed by atoms with van der Waals surface area (Å²) in [5, 5.41) is 13.8. The Kier molecular flexibility index (Phi) is 6.87. The zero-order chi connectivity index (χ0) is 21.1. The van der Waals surface area contributed by atoms with E-state index in [1.54, 1.807) is 6.92 Å². The molecule has 2 rings (SSSR count). The summed E-state index contributed by atoms with van der Waals surface area (Å²) >= 11 is 12.0.